The van der Waals surface area contributed by atoms with Gasteiger partial charge in [0.25, 0.3) is 0 Å². The predicted octanol–water partition coefficient (Wildman–Crippen LogP) is 3.95. The van der Waals surface area contributed by atoms with E-state index in [2.05, 4.69) is 5.32 Å². The summed E-state index contributed by atoms with van der Waals surface area (Å²) in [6, 6.07) is 10.1. The van der Waals surface area contributed by atoms with E-state index >= 15 is 0 Å². The van der Waals surface area contributed by atoms with E-state index in [4.69, 9.17) is 32.7 Å². The number of fused-ring (bicyclic) bond motifs is 1. The highest BCUT2D eigenvalue weighted by atomic mass is 35.5. The van der Waals surface area contributed by atoms with Crippen molar-refractivity contribution in [3.63, 3.8) is 0 Å². The van der Waals surface area contributed by atoms with Crippen molar-refractivity contribution >= 4 is 44.8 Å². The summed E-state index contributed by atoms with van der Waals surface area (Å²) in [6.07, 6.45) is 1.20. The van der Waals surface area contributed by atoms with Crippen LogP contribution in [-0.4, -0.2) is 44.9 Å². The second-order valence-electron chi connectivity index (χ2n) is 7.50. The molecule has 2 aromatic carbocycles. The summed E-state index contributed by atoms with van der Waals surface area (Å²) in [6.45, 7) is 1.42. The normalized spacial score (nSPS) is 19.1. The molecule has 1 saturated heterocycles. The van der Waals surface area contributed by atoms with Crippen LogP contribution < -0.4 is 14.8 Å². The second kappa shape index (κ2) is 9.24. The highest BCUT2D eigenvalue weighted by molar-refractivity contribution is 7.88. The molecule has 2 aromatic rings. The molecule has 31 heavy (non-hydrogen) atoms. The molecule has 0 radical (unpaired) electrons. The molecule has 0 aromatic heterocycles. The molecule has 10 heteroatoms. The maximum Gasteiger partial charge on any atom is 0.228 e. The third-order valence-electron chi connectivity index (χ3n) is 5.35. The number of carbonyl (C=O) groups is 1. The standard InChI is InChI=1S/C21H22Cl2N2O5S/c22-17-4-1-5-18(23)16(17)13-31(27,28)25-8-2-3-14(12-25)21(26)24-15-6-7-19-20(11-15)30-10-9-29-19/h1,4-7,11,14H,2-3,8-10,12-13H2,(H,24,26)/t14-/m1/s1. The number of ether oxygens (including phenoxy) is 2. The van der Waals surface area contributed by atoms with Crippen LogP contribution in [0.5, 0.6) is 11.5 Å². The number of anilines is 1. The van der Waals surface area contributed by atoms with Crippen molar-refractivity contribution in [2.24, 2.45) is 5.92 Å². The molecule has 2 heterocycles. The molecule has 1 N–H and O–H groups in total. The summed E-state index contributed by atoms with van der Waals surface area (Å²) >= 11 is 12.3. The minimum Gasteiger partial charge on any atom is -0.486 e. The van der Waals surface area contributed by atoms with Crippen LogP contribution in [0.15, 0.2) is 36.4 Å². The van der Waals surface area contributed by atoms with Crippen LogP contribution in [-0.2, 0) is 20.6 Å². The van der Waals surface area contributed by atoms with Crippen LogP contribution in [0.1, 0.15) is 18.4 Å². The Labute approximate surface area is 191 Å². The third-order valence-corrected chi connectivity index (χ3v) is 7.83. The Hall–Kier alpha value is -2.00. The second-order valence-corrected chi connectivity index (χ2v) is 10.3. The Balaban J connectivity index is 1.43. The van der Waals surface area contributed by atoms with Gasteiger partial charge < -0.3 is 14.8 Å². The Morgan fingerprint density at radius 1 is 1.10 bits per heavy atom. The van der Waals surface area contributed by atoms with Crippen LogP contribution in [0.2, 0.25) is 10.0 Å². The van der Waals surface area contributed by atoms with E-state index in [0.29, 0.717) is 65.4 Å². The van der Waals surface area contributed by atoms with E-state index in [1.54, 1.807) is 36.4 Å². The quantitative estimate of drug-likeness (QED) is 0.694. The fourth-order valence-electron chi connectivity index (χ4n) is 3.72. The van der Waals surface area contributed by atoms with Gasteiger partial charge in [0, 0.05) is 40.5 Å². The Morgan fingerprint density at radius 2 is 1.81 bits per heavy atom. The highest BCUT2D eigenvalue weighted by Gasteiger charge is 2.33. The number of nitrogens with one attached hydrogen (secondary N) is 1. The van der Waals surface area contributed by atoms with Crippen LogP contribution in [0, 0.1) is 5.92 Å². The topological polar surface area (TPSA) is 84.9 Å². The van der Waals surface area contributed by atoms with Gasteiger partial charge in [0.1, 0.15) is 13.2 Å². The van der Waals surface area contributed by atoms with Crippen LogP contribution in [0.4, 0.5) is 5.69 Å². The number of halogens is 2. The zero-order valence-electron chi connectivity index (χ0n) is 16.6. The average molecular weight is 485 g/mol. The van der Waals surface area contributed by atoms with Crippen molar-refractivity contribution in [1.29, 1.82) is 0 Å². The molecule has 1 atom stereocenters. The van der Waals surface area contributed by atoms with Crippen molar-refractivity contribution < 1.29 is 22.7 Å². The van der Waals surface area contributed by atoms with Gasteiger partial charge in [-0.25, -0.2) is 12.7 Å². The van der Waals surface area contributed by atoms with Gasteiger partial charge in [0.15, 0.2) is 11.5 Å². The smallest absolute Gasteiger partial charge is 0.228 e. The maximum absolute atomic E-state index is 13.0. The molecule has 7 nitrogen and oxygen atoms in total. The lowest BCUT2D eigenvalue weighted by Crippen LogP contribution is -2.44. The number of rotatable bonds is 5. The number of nitrogens with zero attached hydrogens (tertiary/aromatic N) is 1. The summed E-state index contributed by atoms with van der Waals surface area (Å²) < 4.78 is 38.4. The van der Waals surface area contributed by atoms with Gasteiger partial charge in [-0.05, 0) is 37.1 Å². The molecule has 166 valence electrons. The largest absolute Gasteiger partial charge is 0.486 e. The molecule has 0 spiro atoms. The van der Waals surface area contributed by atoms with Crippen molar-refractivity contribution in [1.82, 2.24) is 4.31 Å². The molecular formula is C21H22Cl2N2O5S. The van der Waals surface area contributed by atoms with Crippen LogP contribution >= 0.6 is 23.2 Å². The minimum absolute atomic E-state index is 0.112. The van der Waals surface area contributed by atoms with Crippen molar-refractivity contribution in [3.8, 4) is 11.5 Å². The van der Waals surface area contributed by atoms with Gasteiger partial charge >= 0.3 is 0 Å². The van der Waals surface area contributed by atoms with Gasteiger partial charge in [0.05, 0.1) is 11.7 Å². The Morgan fingerprint density at radius 3 is 2.55 bits per heavy atom. The van der Waals surface area contributed by atoms with E-state index < -0.39 is 15.9 Å². The number of amides is 1. The Kier molecular flexibility index (Phi) is 6.62. The highest BCUT2D eigenvalue weighted by Crippen LogP contribution is 2.33. The summed E-state index contributed by atoms with van der Waals surface area (Å²) in [5.74, 6) is 0.221. The number of hydrogen-bond acceptors (Lipinski definition) is 5. The van der Waals surface area contributed by atoms with Gasteiger partial charge in [-0.15, -0.1) is 0 Å². The molecular weight excluding hydrogens is 463 g/mol. The SMILES string of the molecule is O=C(Nc1ccc2c(c1)OCCO2)[C@@H]1CCCN(S(=O)(=O)Cc2c(Cl)cccc2Cl)C1. The van der Waals surface area contributed by atoms with E-state index in [1.165, 1.54) is 4.31 Å². The first-order valence-corrected chi connectivity index (χ1v) is 12.3. The number of sulfonamides is 1. The van der Waals surface area contributed by atoms with Gasteiger partial charge in [0.2, 0.25) is 15.9 Å². The van der Waals surface area contributed by atoms with E-state index in [9.17, 15) is 13.2 Å². The summed E-state index contributed by atoms with van der Waals surface area (Å²) in [7, 11) is -3.68. The van der Waals surface area contributed by atoms with Gasteiger partial charge in [-0.3, -0.25) is 4.79 Å². The maximum atomic E-state index is 13.0. The fraction of sp³-hybridized carbons (Fsp3) is 0.381. The van der Waals surface area contributed by atoms with Crippen molar-refractivity contribution in [3.05, 3.63) is 52.0 Å². The first kappa shape index (κ1) is 22.2. The lowest BCUT2D eigenvalue weighted by molar-refractivity contribution is -0.120. The summed E-state index contributed by atoms with van der Waals surface area (Å²) in [4.78, 5) is 12.8. The van der Waals surface area contributed by atoms with E-state index in [1.807, 2.05) is 0 Å². The van der Waals surface area contributed by atoms with E-state index in [0.717, 1.165) is 0 Å². The molecule has 2 aliphatic rings. The zero-order valence-corrected chi connectivity index (χ0v) is 19.0. The zero-order chi connectivity index (χ0) is 22.0. The molecule has 0 bridgehead atoms. The summed E-state index contributed by atoms with van der Waals surface area (Å²) in [5, 5.41) is 3.48. The van der Waals surface area contributed by atoms with Crippen molar-refractivity contribution in [2.45, 2.75) is 18.6 Å². The molecule has 0 aliphatic carbocycles. The monoisotopic (exact) mass is 484 g/mol. The van der Waals surface area contributed by atoms with Crippen LogP contribution in [0.3, 0.4) is 0 Å². The van der Waals surface area contributed by atoms with Crippen LogP contribution in [0.25, 0.3) is 0 Å². The molecule has 0 unspecified atom stereocenters. The first-order chi connectivity index (χ1) is 14.8. The molecule has 2 aliphatic heterocycles. The molecule has 1 amide bonds. The molecule has 4 rings (SSSR count). The van der Waals surface area contributed by atoms with Crippen molar-refractivity contribution in [2.75, 3.05) is 31.6 Å². The fourth-order valence-corrected chi connectivity index (χ4v) is 6.08. The van der Waals surface area contributed by atoms with Gasteiger partial charge in [-0.1, -0.05) is 29.3 Å². The number of benzene rings is 2. The number of carbonyl (C=O) groups excluding carboxylic acids is 1. The Bertz CT molecular complexity index is 1070. The molecule has 0 saturated carbocycles. The van der Waals surface area contributed by atoms with E-state index in [-0.39, 0.29) is 18.2 Å². The summed E-state index contributed by atoms with van der Waals surface area (Å²) in [5.41, 5.74) is 0.950. The van der Waals surface area contributed by atoms with Gasteiger partial charge in [-0.2, -0.15) is 0 Å². The minimum atomic E-state index is -3.68. The predicted molar refractivity (Wildman–Crippen MR) is 119 cm³/mol. The number of hydrogen-bond donors (Lipinski definition) is 1. The number of piperidine rings is 1. The lowest BCUT2D eigenvalue weighted by atomic mass is 9.98. The molecule has 1 fully saturated rings. The average Bonchev–Trinajstić information content (AvgIpc) is 2.76. The third kappa shape index (κ3) is 5.09. The lowest BCUT2D eigenvalue weighted by Gasteiger charge is -2.31. The first-order valence-electron chi connectivity index (χ1n) is 9.95.